The number of fused-ring (bicyclic) bond motifs is 1. The van der Waals surface area contributed by atoms with Gasteiger partial charge in [0.1, 0.15) is 12.3 Å². The lowest BCUT2D eigenvalue weighted by atomic mass is 9.92. The summed E-state index contributed by atoms with van der Waals surface area (Å²) in [5.74, 6) is 0.896. The number of aryl methyl sites for hydroxylation is 2. The molecule has 0 radical (unpaired) electrons. The summed E-state index contributed by atoms with van der Waals surface area (Å²) in [5.41, 5.74) is 7.07. The van der Waals surface area contributed by atoms with Crippen LogP contribution in [0.25, 0.3) is 16.6 Å². The van der Waals surface area contributed by atoms with Gasteiger partial charge in [-0.15, -0.1) is 0 Å². The third-order valence-corrected chi connectivity index (χ3v) is 8.78. The standard InChI is InChI=1S/C33H40ClN3O3/c1-20(11-12-21(2)34)30-28(23(4)35-32-31(30)22(3)24(5)36(32)18-26-13-14-26)17-29(38)37-27(19-40-33(37)39)16-15-25-9-7-6-8-10-25/h6-9,11-12,25-27H,10,13-19H2,1-5H3/b20-11+,21-12+/t25?,27-/m1/s1. The maximum atomic E-state index is 13.8. The number of rotatable bonds is 9. The van der Waals surface area contributed by atoms with Gasteiger partial charge in [0.2, 0.25) is 5.91 Å². The summed E-state index contributed by atoms with van der Waals surface area (Å²) in [6.07, 6.45) is 17.1. The van der Waals surface area contributed by atoms with E-state index < -0.39 is 6.09 Å². The number of nitrogens with zero attached hydrogens (tertiary/aromatic N) is 3. The average molecular weight is 562 g/mol. The third kappa shape index (κ3) is 5.83. The summed E-state index contributed by atoms with van der Waals surface area (Å²) in [6, 6.07) is -0.248. The van der Waals surface area contributed by atoms with Crippen LogP contribution in [0.4, 0.5) is 4.79 Å². The van der Waals surface area contributed by atoms with Crippen molar-refractivity contribution in [3.8, 4) is 0 Å². The molecule has 1 saturated carbocycles. The highest BCUT2D eigenvalue weighted by Gasteiger charge is 2.38. The second-order valence-corrected chi connectivity index (χ2v) is 12.3. The molecular formula is C33H40ClN3O3. The summed E-state index contributed by atoms with van der Waals surface area (Å²) >= 11 is 6.19. The van der Waals surface area contributed by atoms with Gasteiger partial charge in [-0.25, -0.2) is 14.7 Å². The van der Waals surface area contributed by atoms with Gasteiger partial charge in [0, 0.05) is 28.4 Å². The van der Waals surface area contributed by atoms with E-state index in [0.717, 1.165) is 59.2 Å². The first-order chi connectivity index (χ1) is 19.2. The van der Waals surface area contributed by atoms with Crippen LogP contribution in [0.2, 0.25) is 0 Å². The Morgan fingerprint density at radius 1 is 1.15 bits per heavy atom. The van der Waals surface area contributed by atoms with Crippen LogP contribution in [0.3, 0.4) is 0 Å². The number of cyclic esters (lactones) is 1. The first-order valence-corrected chi connectivity index (χ1v) is 14.9. The molecule has 0 spiro atoms. The van der Waals surface area contributed by atoms with Crippen LogP contribution in [-0.2, 0) is 22.5 Å². The molecule has 2 fully saturated rings. The summed E-state index contributed by atoms with van der Waals surface area (Å²) in [4.78, 5) is 33.1. The number of imide groups is 1. The number of aromatic nitrogens is 2. The number of halogens is 1. The number of ether oxygens (including phenoxy) is 1. The van der Waals surface area contributed by atoms with E-state index in [1.165, 1.54) is 29.0 Å². The molecule has 2 atom stereocenters. The molecule has 1 aliphatic heterocycles. The van der Waals surface area contributed by atoms with Crippen molar-refractivity contribution in [2.24, 2.45) is 11.8 Å². The van der Waals surface area contributed by atoms with Gasteiger partial charge < -0.3 is 9.30 Å². The molecular weight excluding hydrogens is 522 g/mol. The van der Waals surface area contributed by atoms with Crippen molar-refractivity contribution in [3.05, 3.63) is 69.6 Å². The van der Waals surface area contributed by atoms with Crippen molar-refractivity contribution in [3.63, 3.8) is 0 Å². The van der Waals surface area contributed by atoms with E-state index in [9.17, 15) is 9.59 Å². The highest BCUT2D eigenvalue weighted by molar-refractivity contribution is 6.29. The van der Waals surface area contributed by atoms with E-state index in [1.54, 1.807) is 0 Å². The lowest BCUT2D eigenvalue weighted by Crippen LogP contribution is -2.40. The smallest absolute Gasteiger partial charge is 0.416 e. The van der Waals surface area contributed by atoms with Crippen LogP contribution in [-0.4, -0.2) is 39.1 Å². The number of hydrogen-bond acceptors (Lipinski definition) is 4. The van der Waals surface area contributed by atoms with E-state index in [2.05, 4.69) is 49.6 Å². The van der Waals surface area contributed by atoms with Gasteiger partial charge in [-0.1, -0.05) is 42.0 Å². The second-order valence-electron chi connectivity index (χ2n) is 11.7. The molecule has 1 saturated heterocycles. The molecule has 2 aromatic rings. The molecule has 7 heteroatoms. The Balaban J connectivity index is 1.51. The van der Waals surface area contributed by atoms with Gasteiger partial charge in [0.05, 0.1) is 12.5 Å². The molecule has 6 nitrogen and oxygen atoms in total. The molecule has 5 rings (SSSR count). The number of hydrogen-bond donors (Lipinski definition) is 0. The van der Waals surface area contributed by atoms with E-state index in [-0.39, 0.29) is 25.0 Å². The minimum atomic E-state index is -0.544. The van der Waals surface area contributed by atoms with Crippen molar-refractivity contribution in [2.45, 2.75) is 85.7 Å². The number of carbonyl (C=O) groups excluding carboxylic acids is 2. The highest BCUT2D eigenvalue weighted by Crippen LogP contribution is 2.38. The fourth-order valence-electron chi connectivity index (χ4n) is 6.04. The predicted molar refractivity (Wildman–Crippen MR) is 161 cm³/mol. The van der Waals surface area contributed by atoms with E-state index in [0.29, 0.717) is 16.9 Å². The zero-order chi connectivity index (χ0) is 28.6. The Morgan fingerprint density at radius 2 is 1.93 bits per heavy atom. The third-order valence-electron chi connectivity index (χ3n) is 8.66. The molecule has 3 heterocycles. The van der Waals surface area contributed by atoms with Gasteiger partial charge in [-0.3, -0.25) is 4.79 Å². The Labute approximate surface area is 242 Å². The molecule has 40 heavy (non-hydrogen) atoms. The molecule has 1 unspecified atom stereocenters. The molecule has 2 aromatic heterocycles. The first-order valence-electron chi connectivity index (χ1n) is 14.5. The van der Waals surface area contributed by atoms with Crippen molar-refractivity contribution < 1.29 is 14.3 Å². The number of carbonyl (C=O) groups is 2. The molecule has 0 N–H and O–H groups in total. The predicted octanol–water partition coefficient (Wildman–Crippen LogP) is 7.72. The second kappa shape index (κ2) is 11.8. The summed E-state index contributed by atoms with van der Waals surface area (Å²) in [6.45, 7) is 11.4. The molecule has 2 aliphatic carbocycles. The monoisotopic (exact) mass is 561 g/mol. The van der Waals surface area contributed by atoms with Crippen molar-refractivity contribution >= 4 is 40.2 Å². The van der Waals surface area contributed by atoms with Crippen LogP contribution in [0.5, 0.6) is 0 Å². The average Bonchev–Trinajstić information content (AvgIpc) is 3.64. The number of allylic oxidation sites excluding steroid dienone is 8. The van der Waals surface area contributed by atoms with E-state index in [4.69, 9.17) is 21.3 Å². The quantitative estimate of drug-likeness (QED) is 0.294. The van der Waals surface area contributed by atoms with Gasteiger partial charge in [-0.2, -0.15) is 0 Å². The minimum Gasteiger partial charge on any atom is -0.447 e. The lowest BCUT2D eigenvalue weighted by Gasteiger charge is -2.23. The van der Waals surface area contributed by atoms with Gasteiger partial charge in [0.15, 0.2) is 0 Å². The van der Waals surface area contributed by atoms with Crippen LogP contribution in [0.1, 0.15) is 74.0 Å². The van der Waals surface area contributed by atoms with Gasteiger partial charge >= 0.3 is 6.09 Å². The normalized spacial score (nSPS) is 21.6. The summed E-state index contributed by atoms with van der Waals surface area (Å²) in [5, 5.41) is 1.77. The maximum absolute atomic E-state index is 13.8. The van der Waals surface area contributed by atoms with Gasteiger partial charge in [0.25, 0.3) is 0 Å². The lowest BCUT2D eigenvalue weighted by molar-refractivity contribution is -0.128. The van der Waals surface area contributed by atoms with Crippen molar-refractivity contribution in [2.75, 3.05) is 6.61 Å². The highest BCUT2D eigenvalue weighted by atomic mass is 35.5. The minimum absolute atomic E-state index is 0.0861. The molecule has 0 aromatic carbocycles. The fourth-order valence-corrected chi connectivity index (χ4v) is 6.11. The van der Waals surface area contributed by atoms with Crippen molar-refractivity contribution in [1.82, 2.24) is 14.5 Å². The maximum Gasteiger partial charge on any atom is 0.416 e. The van der Waals surface area contributed by atoms with Crippen LogP contribution >= 0.6 is 11.6 Å². The number of amides is 2. The van der Waals surface area contributed by atoms with Crippen LogP contribution in [0.15, 0.2) is 41.5 Å². The summed E-state index contributed by atoms with van der Waals surface area (Å²) < 4.78 is 7.73. The van der Waals surface area contributed by atoms with Gasteiger partial charge in [-0.05, 0) is 107 Å². The Kier molecular flexibility index (Phi) is 8.37. The zero-order valence-corrected chi connectivity index (χ0v) is 25.1. The molecule has 0 bridgehead atoms. The first kappa shape index (κ1) is 28.4. The Morgan fingerprint density at radius 3 is 2.60 bits per heavy atom. The SMILES string of the molecule is C/C(Cl)=C\C=C(/C)c1c(CC(=O)N2C(=O)OC[C@H]2CCC2C=CC=CC2)c(C)nc2c1c(C)c(C)n2CC1CC1. The Bertz CT molecular complexity index is 1450. The zero-order valence-electron chi connectivity index (χ0n) is 24.3. The van der Waals surface area contributed by atoms with Crippen molar-refractivity contribution in [1.29, 1.82) is 0 Å². The van der Waals surface area contributed by atoms with E-state index >= 15 is 0 Å². The Hall–Kier alpha value is -3.12. The summed E-state index contributed by atoms with van der Waals surface area (Å²) in [7, 11) is 0. The molecule has 212 valence electrons. The topological polar surface area (TPSA) is 64.4 Å². The van der Waals surface area contributed by atoms with Crippen LogP contribution < -0.4 is 0 Å². The molecule has 2 amide bonds. The van der Waals surface area contributed by atoms with Crippen LogP contribution in [0, 0.1) is 32.6 Å². The van der Waals surface area contributed by atoms with E-state index in [1.807, 2.05) is 26.0 Å². The number of pyridine rings is 1. The largest absolute Gasteiger partial charge is 0.447 e. The fraction of sp³-hybridized carbons (Fsp3) is 0.485. The molecule has 3 aliphatic rings.